The number of para-hydroxylation sites is 1. The predicted octanol–water partition coefficient (Wildman–Crippen LogP) is 4.79. The van der Waals surface area contributed by atoms with Crippen molar-refractivity contribution in [3.05, 3.63) is 52.5 Å². The molecular formula is C23H26O4. The lowest BCUT2D eigenvalue weighted by Crippen LogP contribution is -2.37. The summed E-state index contributed by atoms with van der Waals surface area (Å²) in [6.07, 6.45) is 2.15. The maximum absolute atomic E-state index is 13.1. The minimum Gasteiger partial charge on any atom is -0.508 e. The van der Waals surface area contributed by atoms with E-state index in [0.717, 1.165) is 0 Å². The third kappa shape index (κ3) is 3.01. The zero-order chi connectivity index (χ0) is 19.6. The number of carbonyl (C=O) groups excluding carboxylic acids is 2. The van der Waals surface area contributed by atoms with Gasteiger partial charge in [-0.2, -0.15) is 0 Å². The fourth-order valence-corrected chi connectivity index (χ4v) is 4.72. The molecule has 142 valence electrons. The Morgan fingerprint density at radius 3 is 1.81 bits per heavy atom. The normalized spacial score (nSPS) is 24.4. The lowest BCUT2D eigenvalue weighted by atomic mass is 9.65. The van der Waals surface area contributed by atoms with Crippen molar-refractivity contribution in [2.75, 3.05) is 0 Å². The highest BCUT2D eigenvalue weighted by Crippen LogP contribution is 2.54. The summed E-state index contributed by atoms with van der Waals surface area (Å²) in [6, 6.07) is 7.00. The average molecular weight is 366 g/mol. The molecule has 4 rings (SSSR count). The summed E-state index contributed by atoms with van der Waals surface area (Å²) in [5.41, 5.74) is 1.38. The summed E-state index contributed by atoms with van der Waals surface area (Å²) >= 11 is 0. The molecule has 0 saturated heterocycles. The summed E-state index contributed by atoms with van der Waals surface area (Å²) in [6.45, 7) is 8.25. The zero-order valence-corrected chi connectivity index (χ0v) is 16.4. The van der Waals surface area contributed by atoms with Crippen molar-refractivity contribution in [1.82, 2.24) is 0 Å². The fourth-order valence-electron chi connectivity index (χ4n) is 4.72. The molecule has 4 nitrogen and oxygen atoms in total. The second-order valence-electron chi connectivity index (χ2n) is 9.65. The first-order chi connectivity index (χ1) is 12.6. The highest BCUT2D eigenvalue weighted by atomic mass is 16.5. The standard InChI is InChI=1S/C23H26O4/c1-22(2)9-15(25)20-17(11-22)27-18-12-23(3,4)10-16(26)21(18)19(20)13-7-5-6-8-14(13)24/h5-8,19,24H,9-12H2,1-4H3. The van der Waals surface area contributed by atoms with Crippen molar-refractivity contribution >= 4 is 11.6 Å². The number of ether oxygens (including phenoxy) is 1. The molecule has 27 heavy (non-hydrogen) atoms. The number of rotatable bonds is 1. The van der Waals surface area contributed by atoms with Crippen molar-refractivity contribution in [3.8, 4) is 5.75 Å². The molecule has 0 spiro atoms. The predicted molar refractivity (Wildman–Crippen MR) is 102 cm³/mol. The van der Waals surface area contributed by atoms with Gasteiger partial charge in [-0.25, -0.2) is 0 Å². The molecule has 0 unspecified atom stereocenters. The fraction of sp³-hybridized carbons (Fsp3) is 0.478. The zero-order valence-electron chi connectivity index (χ0n) is 16.4. The van der Waals surface area contributed by atoms with Gasteiger partial charge in [-0.15, -0.1) is 0 Å². The average Bonchev–Trinajstić information content (AvgIpc) is 2.51. The van der Waals surface area contributed by atoms with Crippen LogP contribution in [0.15, 0.2) is 46.9 Å². The van der Waals surface area contributed by atoms with Crippen LogP contribution in [-0.4, -0.2) is 16.7 Å². The summed E-state index contributed by atoms with van der Waals surface area (Å²) in [4.78, 5) is 26.2. The van der Waals surface area contributed by atoms with E-state index in [4.69, 9.17) is 4.74 Å². The van der Waals surface area contributed by atoms with Gasteiger partial charge in [0.05, 0.1) is 5.92 Å². The molecule has 0 atom stereocenters. The van der Waals surface area contributed by atoms with Gasteiger partial charge >= 0.3 is 0 Å². The monoisotopic (exact) mass is 366 g/mol. The van der Waals surface area contributed by atoms with Gasteiger partial charge in [0.25, 0.3) is 0 Å². The number of carbonyl (C=O) groups is 2. The lowest BCUT2D eigenvalue weighted by Gasteiger charge is -2.42. The first-order valence-electron chi connectivity index (χ1n) is 9.56. The van der Waals surface area contributed by atoms with Crippen LogP contribution in [0.25, 0.3) is 0 Å². The first-order valence-corrected chi connectivity index (χ1v) is 9.56. The minimum atomic E-state index is -0.530. The van der Waals surface area contributed by atoms with E-state index in [0.29, 0.717) is 53.9 Å². The van der Waals surface area contributed by atoms with Crippen LogP contribution in [0, 0.1) is 10.8 Å². The Balaban J connectivity index is 1.94. The Kier molecular flexibility index (Phi) is 3.88. The topological polar surface area (TPSA) is 63.6 Å². The van der Waals surface area contributed by atoms with E-state index in [1.807, 2.05) is 6.07 Å². The maximum atomic E-state index is 13.1. The molecule has 0 saturated carbocycles. The van der Waals surface area contributed by atoms with Crippen LogP contribution in [0.3, 0.4) is 0 Å². The molecule has 2 aliphatic carbocycles. The third-order valence-corrected chi connectivity index (χ3v) is 5.83. The lowest BCUT2D eigenvalue weighted by molar-refractivity contribution is -0.120. The van der Waals surface area contributed by atoms with E-state index in [-0.39, 0.29) is 28.1 Å². The first kappa shape index (κ1) is 18.0. The Morgan fingerprint density at radius 2 is 1.33 bits per heavy atom. The highest BCUT2D eigenvalue weighted by molar-refractivity contribution is 6.06. The maximum Gasteiger partial charge on any atom is 0.163 e. The highest BCUT2D eigenvalue weighted by Gasteiger charge is 2.48. The van der Waals surface area contributed by atoms with E-state index in [2.05, 4.69) is 27.7 Å². The molecule has 1 heterocycles. The number of phenolic OH excluding ortho intramolecular Hbond substituents is 1. The molecular weight excluding hydrogens is 340 g/mol. The quantitative estimate of drug-likeness (QED) is 0.776. The van der Waals surface area contributed by atoms with Crippen LogP contribution < -0.4 is 0 Å². The SMILES string of the molecule is CC1(C)CC(=O)C2=C(C1)OC1=C(C(=O)CC(C)(C)C1)C2c1ccccc1O. The van der Waals surface area contributed by atoms with E-state index in [1.54, 1.807) is 18.2 Å². The smallest absolute Gasteiger partial charge is 0.163 e. The number of aromatic hydroxyl groups is 1. The van der Waals surface area contributed by atoms with E-state index < -0.39 is 5.92 Å². The van der Waals surface area contributed by atoms with Gasteiger partial charge in [-0.3, -0.25) is 9.59 Å². The minimum absolute atomic E-state index is 0.0127. The number of hydrogen-bond donors (Lipinski definition) is 1. The molecule has 0 amide bonds. The molecule has 0 fully saturated rings. The van der Waals surface area contributed by atoms with Gasteiger partial charge in [0.1, 0.15) is 17.3 Å². The van der Waals surface area contributed by atoms with Crippen LogP contribution in [0.2, 0.25) is 0 Å². The van der Waals surface area contributed by atoms with E-state index >= 15 is 0 Å². The summed E-state index contributed by atoms with van der Waals surface area (Å²) in [5.74, 6) is 0.954. The number of phenols is 1. The second kappa shape index (κ2) is 5.82. The van der Waals surface area contributed by atoms with Gasteiger partial charge in [-0.05, 0) is 16.9 Å². The van der Waals surface area contributed by atoms with Crippen molar-refractivity contribution in [2.24, 2.45) is 10.8 Å². The summed E-state index contributed by atoms with van der Waals surface area (Å²) < 4.78 is 6.23. The number of Topliss-reactive ketones (excluding diaryl/α,β-unsaturated/α-hetero) is 2. The molecule has 1 N–H and O–H groups in total. The Morgan fingerprint density at radius 1 is 0.852 bits per heavy atom. The number of hydrogen-bond acceptors (Lipinski definition) is 4. The van der Waals surface area contributed by atoms with Crippen LogP contribution in [0.5, 0.6) is 5.75 Å². The molecule has 0 bridgehead atoms. The number of benzene rings is 1. The van der Waals surface area contributed by atoms with Crippen LogP contribution in [0.4, 0.5) is 0 Å². The second-order valence-corrected chi connectivity index (χ2v) is 9.65. The van der Waals surface area contributed by atoms with Crippen LogP contribution in [0.1, 0.15) is 64.9 Å². The molecule has 1 aromatic rings. The Labute approximate surface area is 159 Å². The molecule has 0 radical (unpaired) electrons. The summed E-state index contributed by atoms with van der Waals surface area (Å²) in [5, 5.41) is 10.5. The van der Waals surface area contributed by atoms with Crippen LogP contribution in [-0.2, 0) is 14.3 Å². The molecule has 1 aliphatic heterocycles. The molecule has 4 heteroatoms. The largest absolute Gasteiger partial charge is 0.508 e. The van der Waals surface area contributed by atoms with Gasteiger partial charge in [0.15, 0.2) is 11.6 Å². The van der Waals surface area contributed by atoms with Crippen molar-refractivity contribution in [1.29, 1.82) is 0 Å². The Hall–Kier alpha value is -2.36. The van der Waals surface area contributed by atoms with Crippen molar-refractivity contribution in [3.63, 3.8) is 0 Å². The van der Waals surface area contributed by atoms with Crippen molar-refractivity contribution < 1.29 is 19.4 Å². The number of allylic oxidation sites excluding steroid dienone is 4. The molecule has 1 aromatic carbocycles. The van der Waals surface area contributed by atoms with Gasteiger partial charge < -0.3 is 9.84 Å². The van der Waals surface area contributed by atoms with Crippen LogP contribution >= 0.6 is 0 Å². The third-order valence-electron chi connectivity index (χ3n) is 5.83. The van der Waals surface area contributed by atoms with Crippen molar-refractivity contribution in [2.45, 2.75) is 59.3 Å². The van der Waals surface area contributed by atoms with Gasteiger partial charge in [-0.1, -0.05) is 45.9 Å². The van der Waals surface area contributed by atoms with E-state index in [1.165, 1.54) is 0 Å². The Bertz CT molecular complexity index is 862. The van der Waals surface area contributed by atoms with E-state index in [9.17, 15) is 14.7 Å². The molecule has 3 aliphatic rings. The number of ketones is 2. The molecule has 0 aromatic heterocycles. The van der Waals surface area contributed by atoms with Gasteiger partial charge in [0, 0.05) is 42.4 Å². The summed E-state index contributed by atoms with van der Waals surface area (Å²) in [7, 11) is 0. The van der Waals surface area contributed by atoms with Gasteiger partial charge in [0.2, 0.25) is 0 Å².